The number of nitrogen functional groups attached to an aromatic ring is 1. The third-order valence-electron chi connectivity index (χ3n) is 9.92. The fraction of sp³-hybridized carbons (Fsp3) is 0.545. The van der Waals surface area contributed by atoms with Crippen LogP contribution in [0.15, 0.2) is 36.4 Å². The van der Waals surface area contributed by atoms with Crippen LogP contribution >= 0.6 is 11.6 Å². The Morgan fingerprint density at radius 1 is 0.979 bits per heavy atom. The summed E-state index contributed by atoms with van der Waals surface area (Å²) in [6.07, 6.45) is -2.00. The van der Waals surface area contributed by atoms with Gasteiger partial charge < -0.3 is 35.8 Å². The number of nitrogens with two attached hydrogens (primary N) is 1. The van der Waals surface area contributed by atoms with E-state index in [-0.39, 0.29) is 35.0 Å². The smallest absolute Gasteiger partial charge is 0.397 e. The molecule has 15 heteroatoms. The lowest BCUT2D eigenvalue weighted by atomic mass is 10.00. The number of anilines is 2. The molecule has 3 fully saturated rings. The first-order chi connectivity index (χ1) is 23.0. The fourth-order valence-corrected chi connectivity index (χ4v) is 7.42. The van der Waals surface area contributed by atoms with Crippen LogP contribution in [0.2, 0.25) is 5.02 Å². The van der Waals surface area contributed by atoms with Gasteiger partial charge in [0, 0.05) is 83.2 Å². The van der Waals surface area contributed by atoms with Gasteiger partial charge in [-0.1, -0.05) is 29.8 Å². The van der Waals surface area contributed by atoms with Crippen molar-refractivity contribution in [1.29, 1.82) is 0 Å². The van der Waals surface area contributed by atoms with E-state index in [1.165, 1.54) is 6.07 Å². The molecule has 0 saturated carbocycles. The Balaban J connectivity index is 1.13. The molecule has 0 radical (unpaired) electrons. The minimum atomic E-state index is -4.75. The van der Waals surface area contributed by atoms with E-state index in [0.717, 1.165) is 30.2 Å². The first kappa shape index (κ1) is 34.1. The molecule has 0 unspecified atom stereocenters. The molecule has 4 aliphatic heterocycles. The number of ether oxygens (including phenoxy) is 1. The summed E-state index contributed by atoms with van der Waals surface area (Å²) in [7, 11) is 0. The third kappa shape index (κ3) is 7.60. The number of benzene rings is 2. The van der Waals surface area contributed by atoms with Crippen LogP contribution in [0.25, 0.3) is 0 Å². The second-order valence-electron chi connectivity index (χ2n) is 12.9. The fourth-order valence-electron chi connectivity index (χ4n) is 7.18. The van der Waals surface area contributed by atoms with Crippen LogP contribution in [-0.2, 0) is 28.7 Å². The molecule has 2 aromatic rings. The van der Waals surface area contributed by atoms with Gasteiger partial charge in [0.2, 0.25) is 5.91 Å². The molecule has 1 atom stereocenters. The van der Waals surface area contributed by atoms with Crippen molar-refractivity contribution in [2.24, 2.45) is 0 Å². The molecule has 4 N–H and O–H groups in total. The highest BCUT2D eigenvalue weighted by Gasteiger charge is 2.37. The average Bonchev–Trinajstić information content (AvgIpc) is 3.09. The molecule has 3 saturated heterocycles. The zero-order valence-electron chi connectivity index (χ0n) is 26.6. The van der Waals surface area contributed by atoms with E-state index in [0.29, 0.717) is 77.9 Å². The SMILES string of the molecule is Nc1c(Cl)cc(C[C@@H](NC(=O)N2CCC(N3Cc4ccccc4NC3=O)CC2)C(=O)N2CCN(C3CCOCC3)CC2)cc1C(F)(F)F. The van der Waals surface area contributed by atoms with Crippen molar-refractivity contribution in [3.63, 3.8) is 0 Å². The second kappa shape index (κ2) is 14.4. The average molecular weight is 692 g/mol. The largest absolute Gasteiger partial charge is 0.418 e. The lowest BCUT2D eigenvalue weighted by molar-refractivity contribution is -0.137. The molecule has 260 valence electrons. The number of alkyl halides is 3. The van der Waals surface area contributed by atoms with E-state index in [9.17, 15) is 27.6 Å². The van der Waals surface area contributed by atoms with Gasteiger partial charge in [0.25, 0.3) is 0 Å². The summed E-state index contributed by atoms with van der Waals surface area (Å²) in [5, 5.41) is 5.49. The highest BCUT2D eigenvalue weighted by molar-refractivity contribution is 6.33. The van der Waals surface area contributed by atoms with E-state index in [4.69, 9.17) is 22.1 Å². The van der Waals surface area contributed by atoms with E-state index < -0.39 is 29.5 Å². The summed E-state index contributed by atoms with van der Waals surface area (Å²) in [4.78, 5) is 47.8. The normalized spacial score (nSPS) is 20.7. The predicted molar refractivity (Wildman–Crippen MR) is 174 cm³/mol. The van der Waals surface area contributed by atoms with Gasteiger partial charge in [-0.05, 0) is 55.0 Å². The maximum absolute atomic E-state index is 14.0. The van der Waals surface area contributed by atoms with Crippen molar-refractivity contribution >= 4 is 40.9 Å². The van der Waals surface area contributed by atoms with Crippen LogP contribution < -0.4 is 16.4 Å². The Hall–Kier alpha value is -3.75. The van der Waals surface area contributed by atoms with Crippen molar-refractivity contribution < 1.29 is 32.3 Å². The Morgan fingerprint density at radius 3 is 2.35 bits per heavy atom. The van der Waals surface area contributed by atoms with Crippen molar-refractivity contribution in [3.8, 4) is 0 Å². The maximum atomic E-state index is 14.0. The lowest BCUT2D eigenvalue weighted by Gasteiger charge is -2.42. The van der Waals surface area contributed by atoms with Gasteiger partial charge in [0.05, 0.1) is 16.3 Å². The van der Waals surface area contributed by atoms with Gasteiger partial charge in [0.15, 0.2) is 0 Å². The number of halogens is 4. The minimum Gasteiger partial charge on any atom is -0.397 e. The number of fused-ring (bicyclic) bond motifs is 1. The van der Waals surface area contributed by atoms with Crippen LogP contribution in [0.4, 0.5) is 34.1 Å². The van der Waals surface area contributed by atoms with Gasteiger partial charge in [-0.15, -0.1) is 0 Å². The molecular weight excluding hydrogens is 651 g/mol. The van der Waals surface area contributed by atoms with Gasteiger partial charge in [0.1, 0.15) is 6.04 Å². The van der Waals surface area contributed by atoms with Gasteiger partial charge in [-0.25, -0.2) is 9.59 Å². The van der Waals surface area contributed by atoms with Crippen molar-refractivity contribution in [2.45, 2.75) is 63.0 Å². The summed E-state index contributed by atoms with van der Waals surface area (Å²) in [5.41, 5.74) is 5.93. The number of carbonyl (C=O) groups excluding carboxylic acids is 3. The summed E-state index contributed by atoms with van der Waals surface area (Å²) >= 11 is 6.11. The molecule has 48 heavy (non-hydrogen) atoms. The Kier molecular flexibility index (Phi) is 10.2. The molecule has 0 aromatic heterocycles. The number of urea groups is 2. The summed E-state index contributed by atoms with van der Waals surface area (Å²) in [5.74, 6) is -0.366. The number of nitrogens with one attached hydrogen (secondary N) is 2. The monoisotopic (exact) mass is 691 g/mol. The van der Waals surface area contributed by atoms with Crippen LogP contribution in [0.5, 0.6) is 0 Å². The number of carbonyl (C=O) groups is 3. The number of rotatable bonds is 6. The molecule has 4 aliphatic rings. The van der Waals surface area contributed by atoms with Gasteiger partial charge in [-0.2, -0.15) is 13.2 Å². The molecule has 0 spiro atoms. The number of piperidine rings is 1. The van der Waals surface area contributed by atoms with Crippen molar-refractivity contribution in [2.75, 3.05) is 63.5 Å². The van der Waals surface area contributed by atoms with Crippen molar-refractivity contribution in [3.05, 3.63) is 58.1 Å². The molecule has 11 nitrogen and oxygen atoms in total. The number of amides is 5. The Morgan fingerprint density at radius 2 is 1.67 bits per heavy atom. The zero-order valence-corrected chi connectivity index (χ0v) is 27.4. The maximum Gasteiger partial charge on any atom is 0.418 e. The van der Waals surface area contributed by atoms with E-state index in [2.05, 4.69) is 15.5 Å². The molecule has 6 rings (SSSR count). The summed E-state index contributed by atoms with van der Waals surface area (Å²) < 4.78 is 46.8. The standard InChI is InChI=1S/C33H41ClF3N7O4/c34-26-18-21(17-25(29(26)38)33(35,36)37)19-28(30(45)42-13-11-41(12-14-42)23-7-15-48-16-8-23)40-31(46)43-9-5-24(6-10-43)44-20-22-3-1-2-4-27(22)39-32(44)47/h1-4,17-18,23-24,28H,5-16,19-20,38H2,(H,39,47)(H,40,46)/t28-/m1/s1. The van der Waals surface area contributed by atoms with Crippen LogP contribution in [0, 0.1) is 0 Å². The van der Waals surface area contributed by atoms with Crippen LogP contribution in [0.1, 0.15) is 42.4 Å². The van der Waals surface area contributed by atoms with Crippen molar-refractivity contribution in [1.82, 2.24) is 24.9 Å². The second-order valence-corrected chi connectivity index (χ2v) is 13.3. The molecule has 4 heterocycles. The van der Waals surface area contributed by atoms with Crippen LogP contribution in [0.3, 0.4) is 0 Å². The quantitative estimate of drug-likeness (QED) is 0.386. The molecule has 0 bridgehead atoms. The topological polar surface area (TPSA) is 123 Å². The van der Waals surface area contributed by atoms with E-state index in [1.807, 2.05) is 24.3 Å². The molecule has 0 aliphatic carbocycles. The molecule has 2 aromatic carbocycles. The van der Waals surface area contributed by atoms with E-state index >= 15 is 0 Å². The number of hydrogen-bond acceptors (Lipinski definition) is 6. The number of para-hydroxylation sites is 1. The summed E-state index contributed by atoms with van der Waals surface area (Å²) in [6.45, 7) is 4.77. The minimum absolute atomic E-state index is 0.0791. The Labute approximate surface area is 282 Å². The first-order valence-electron chi connectivity index (χ1n) is 16.4. The van der Waals surface area contributed by atoms with Gasteiger partial charge in [-0.3, -0.25) is 9.69 Å². The Bertz CT molecular complexity index is 1510. The first-order valence-corrected chi connectivity index (χ1v) is 16.8. The molecule has 5 amide bonds. The highest BCUT2D eigenvalue weighted by atomic mass is 35.5. The zero-order chi connectivity index (χ0) is 34.0. The predicted octanol–water partition coefficient (Wildman–Crippen LogP) is 4.40. The van der Waals surface area contributed by atoms with E-state index in [1.54, 1.807) is 14.7 Å². The van der Waals surface area contributed by atoms with Crippen LogP contribution in [-0.4, -0.2) is 108 Å². The molecular formula is C33H41ClF3N7O4. The third-order valence-corrected chi connectivity index (χ3v) is 10.2. The van der Waals surface area contributed by atoms with Gasteiger partial charge >= 0.3 is 18.2 Å². The highest BCUT2D eigenvalue weighted by Crippen LogP contribution is 2.38. The number of hydrogen-bond donors (Lipinski definition) is 3. The number of likely N-dealkylation sites (tertiary alicyclic amines) is 1. The number of piperazine rings is 1. The lowest BCUT2D eigenvalue weighted by Crippen LogP contribution is -2.59. The number of nitrogens with zero attached hydrogens (tertiary/aromatic N) is 4. The summed E-state index contributed by atoms with van der Waals surface area (Å²) in [6, 6.07) is 8.35.